The first-order valence-electron chi connectivity index (χ1n) is 5.00. The van der Waals surface area contributed by atoms with Gasteiger partial charge in [0.2, 0.25) is 0 Å². The lowest BCUT2D eigenvalue weighted by Gasteiger charge is -2.08. The molecule has 0 N–H and O–H groups in total. The fourth-order valence-corrected chi connectivity index (χ4v) is 1.47. The van der Waals surface area contributed by atoms with E-state index in [0.29, 0.717) is 18.8 Å². The highest BCUT2D eigenvalue weighted by molar-refractivity contribution is 9.10. The van der Waals surface area contributed by atoms with Crippen molar-refractivity contribution in [3.8, 4) is 5.75 Å². The molecular weight excluding hydrogens is 301 g/mol. The lowest BCUT2D eigenvalue weighted by Crippen LogP contribution is -2.18. The van der Waals surface area contributed by atoms with Gasteiger partial charge in [-0.15, -0.1) is 0 Å². The van der Waals surface area contributed by atoms with Crippen molar-refractivity contribution in [1.29, 1.82) is 0 Å². The summed E-state index contributed by atoms with van der Waals surface area (Å²) in [4.78, 5) is 0. The molecule has 0 heterocycles. The summed E-state index contributed by atoms with van der Waals surface area (Å²) in [6.45, 7) is -0.842. The summed E-state index contributed by atoms with van der Waals surface area (Å²) in [6.07, 6.45) is -3.84. The van der Waals surface area contributed by atoms with Crippen LogP contribution in [0, 0.1) is 0 Å². The summed E-state index contributed by atoms with van der Waals surface area (Å²) >= 11 is 3.29. The Morgan fingerprint density at radius 1 is 1.18 bits per heavy atom. The Kier molecular flexibility index (Phi) is 5.77. The lowest BCUT2D eigenvalue weighted by molar-refractivity contribution is -0.174. The number of rotatable bonds is 6. The van der Waals surface area contributed by atoms with E-state index >= 15 is 0 Å². The first-order chi connectivity index (χ1) is 7.97. The fourth-order valence-electron chi connectivity index (χ4n) is 1.10. The molecule has 0 aliphatic carbocycles. The third kappa shape index (κ3) is 7.23. The summed E-state index contributed by atoms with van der Waals surface area (Å²) in [5, 5.41) is 0. The van der Waals surface area contributed by atoms with E-state index < -0.39 is 12.8 Å². The molecule has 6 heteroatoms. The summed E-state index contributed by atoms with van der Waals surface area (Å²) < 4.78 is 45.8. The van der Waals surface area contributed by atoms with Crippen molar-refractivity contribution < 1.29 is 22.6 Å². The molecule has 0 saturated carbocycles. The van der Waals surface area contributed by atoms with Gasteiger partial charge in [0, 0.05) is 10.9 Å². The summed E-state index contributed by atoms with van der Waals surface area (Å²) in [6, 6.07) is 7.25. The number of hydrogen-bond donors (Lipinski definition) is 0. The van der Waals surface area contributed by atoms with E-state index in [0.717, 1.165) is 4.47 Å². The number of benzene rings is 1. The SMILES string of the molecule is FC(F)(F)COCCCOc1cccc(Br)c1. The summed E-state index contributed by atoms with van der Waals surface area (Å²) in [5.74, 6) is 0.676. The van der Waals surface area contributed by atoms with Crippen molar-refractivity contribution in [2.24, 2.45) is 0 Å². The van der Waals surface area contributed by atoms with E-state index in [-0.39, 0.29) is 6.61 Å². The van der Waals surface area contributed by atoms with E-state index in [1.165, 1.54) is 0 Å². The molecule has 0 spiro atoms. The molecule has 0 saturated heterocycles. The van der Waals surface area contributed by atoms with E-state index in [9.17, 15) is 13.2 Å². The molecule has 96 valence electrons. The van der Waals surface area contributed by atoms with Crippen molar-refractivity contribution >= 4 is 15.9 Å². The zero-order valence-electron chi connectivity index (χ0n) is 8.97. The van der Waals surface area contributed by atoms with Crippen molar-refractivity contribution in [2.75, 3.05) is 19.8 Å². The molecule has 0 aromatic heterocycles. The standard InChI is InChI=1S/C11H12BrF3O2/c12-9-3-1-4-10(7-9)17-6-2-5-16-8-11(13,14)15/h1,3-4,7H,2,5-6,8H2. The van der Waals surface area contributed by atoms with Gasteiger partial charge in [0.05, 0.1) is 13.2 Å². The third-order valence-electron chi connectivity index (χ3n) is 1.76. The van der Waals surface area contributed by atoms with E-state index in [1.807, 2.05) is 12.1 Å². The van der Waals surface area contributed by atoms with Crippen molar-refractivity contribution in [2.45, 2.75) is 12.6 Å². The number of halogens is 4. The van der Waals surface area contributed by atoms with Crippen LogP contribution in [0.5, 0.6) is 5.75 Å². The highest BCUT2D eigenvalue weighted by atomic mass is 79.9. The van der Waals surface area contributed by atoms with Crippen LogP contribution in [0.4, 0.5) is 13.2 Å². The first kappa shape index (κ1) is 14.3. The smallest absolute Gasteiger partial charge is 0.411 e. The molecule has 0 atom stereocenters. The molecule has 0 fully saturated rings. The first-order valence-corrected chi connectivity index (χ1v) is 5.79. The second-order valence-electron chi connectivity index (χ2n) is 3.33. The molecule has 0 unspecified atom stereocenters. The van der Waals surface area contributed by atoms with Crippen LogP contribution < -0.4 is 4.74 Å². The van der Waals surface area contributed by atoms with Crippen molar-refractivity contribution in [1.82, 2.24) is 0 Å². The van der Waals surface area contributed by atoms with Crippen LogP contribution in [0.2, 0.25) is 0 Å². The molecule has 0 radical (unpaired) electrons. The highest BCUT2D eigenvalue weighted by Gasteiger charge is 2.27. The molecule has 0 bridgehead atoms. The van der Waals surface area contributed by atoms with Crippen LogP contribution in [0.25, 0.3) is 0 Å². The van der Waals surface area contributed by atoms with Crippen LogP contribution >= 0.6 is 15.9 Å². The normalized spacial score (nSPS) is 11.5. The molecule has 17 heavy (non-hydrogen) atoms. The quantitative estimate of drug-likeness (QED) is 0.744. The van der Waals surface area contributed by atoms with Crippen LogP contribution in [0.15, 0.2) is 28.7 Å². The molecule has 0 aliphatic heterocycles. The Bertz CT molecular complexity index is 342. The number of ether oxygens (including phenoxy) is 2. The van der Waals surface area contributed by atoms with E-state index in [1.54, 1.807) is 12.1 Å². The van der Waals surface area contributed by atoms with Gasteiger partial charge in [0.1, 0.15) is 12.4 Å². The lowest BCUT2D eigenvalue weighted by atomic mass is 10.3. The predicted molar refractivity (Wildman–Crippen MR) is 61.1 cm³/mol. The summed E-state index contributed by atoms with van der Waals surface area (Å²) in [7, 11) is 0. The zero-order chi connectivity index (χ0) is 12.7. The average molecular weight is 313 g/mol. The number of hydrogen-bond acceptors (Lipinski definition) is 2. The Morgan fingerprint density at radius 2 is 1.94 bits per heavy atom. The maximum absolute atomic E-state index is 11.7. The fraction of sp³-hybridized carbons (Fsp3) is 0.455. The minimum atomic E-state index is -4.26. The third-order valence-corrected chi connectivity index (χ3v) is 2.26. The minimum absolute atomic E-state index is 0.0352. The zero-order valence-corrected chi connectivity index (χ0v) is 10.6. The van der Waals surface area contributed by atoms with Gasteiger partial charge in [-0.1, -0.05) is 22.0 Å². The van der Waals surface area contributed by atoms with Gasteiger partial charge in [-0.3, -0.25) is 0 Å². The van der Waals surface area contributed by atoms with Crippen molar-refractivity contribution in [3.63, 3.8) is 0 Å². The maximum Gasteiger partial charge on any atom is 0.411 e. The molecular formula is C11H12BrF3O2. The highest BCUT2D eigenvalue weighted by Crippen LogP contribution is 2.18. The van der Waals surface area contributed by atoms with Gasteiger partial charge < -0.3 is 9.47 Å². The van der Waals surface area contributed by atoms with E-state index in [2.05, 4.69) is 20.7 Å². The Balaban J connectivity index is 2.09. The van der Waals surface area contributed by atoms with Crippen molar-refractivity contribution in [3.05, 3.63) is 28.7 Å². The van der Waals surface area contributed by atoms with Crippen LogP contribution in [-0.4, -0.2) is 26.0 Å². The summed E-state index contributed by atoms with van der Waals surface area (Å²) in [5.41, 5.74) is 0. The monoisotopic (exact) mass is 312 g/mol. The second-order valence-corrected chi connectivity index (χ2v) is 4.24. The molecule has 1 aromatic carbocycles. The predicted octanol–water partition coefficient (Wildman–Crippen LogP) is 3.80. The van der Waals surface area contributed by atoms with Gasteiger partial charge in [0.15, 0.2) is 0 Å². The Labute approximate surface area is 106 Å². The molecule has 1 rings (SSSR count). The van der Waals surface area contributed by atoms with Gasteiger partial charge in [0.25, 0.3) is 0 Å². The largest absolute Gasteiger partial charge is 0.493 e. The molecule has 0 amide bonds. The molecule has 0 aliphatic rings. The van der Waals surface area contributed by atoms with E-state index in [4.69, 9.17) is 4.74 Å². The molecule has 2 nitrogen and oxygen atoms in total. The van der Waals surface area contributed by atoms with Gasteiger partial charge in [-0.05, 0) is 18.2 Å². The number of alkyl halides is 3. The van der Waals surface area contributed by atoms with Crippen LogP contribution in [0.1, 0.15) is 6.42 Å². The van der Waals surface area contributed by atoms with Crippen LogP contribution in [0.3, 0.4) is 0 Å². The Morgan fingerprint density at radius 3 is 2.59 bits per heavy atom. The van der Waals surface area contributed by atoms with Crippen LogP contribution in [-0.2, 0) is 4.74 Å². The average Bonchev–Trinajstić information content (AvgIpc) is 2.22. The van der Waals surface area contributed by atoms with Gasteiger partial charge in [-0.2, -0.15) is 13.2 Å². The Hall–Kier alpha value is -0.750. The molecule has 1 aromatic rings. The topological polar surface area (TPSA) is 18.5 Å². The second kappa shape index (κ2) is 6.86. The van der Waals surface area contributed by atoms with Gasteiger partial charge >= 0.3 is 6.18 Å². The maximum atomic E-state index is 11.7. The van der Waals surface area contributed by atoms with Gasteiger partial charge in [-0.25, -0.2) is 0 Å². The minimum Gasteiger partial charge on any atom is -0.493 e.